The second-order valence-electron chi connectivity index (χ2n) is 14.9. The molecular formula is C56H37NO. The summed E-state index contributed by atoms with van der Waals surface area (Å²) in [5.41, 5.74) is 14.5. The maximum atomic E-state index is 6.62. The molecule has 1 aromatic heterocycles. The van der Waals surface area contributed by atoms with Crippen LogP contribution >= 0.6 is 0 Å². The van der Waals surface area contributed by atoms with Crippen molar-refractivity contribution in [2.45, 2.75) is 0 Å². The molecule has 272 valence electrons. The van der Waals surface area contributed by atoms with Crippen LogP contribution in [0.2, 0.25) is 0 Å². The molecule has 2 nitrogen and oxygen atoms in total. The first-order chi connectivity index (χ1) is 28.8. The van der Waals surface area contributed by atoms with E-state index in [0.29, 0.717) is 0 Å². The number of furan rings is 1. The number of hydrogen-bond donors (Lipinski definition) is 0. The molecule has 0 unspecified atom stereocenters. The molecule has 0 atom stereocenters. The van der Waals surface area contributed by atoms with Crippen LogP contribution in [-0.2, 0) is 0 Å². The second kappa shape index (κ2) is 14.1. The molecular weight excluding hydrogens is 703 g/mol. The SMILES string of the molecule is c1ccc(-c2cccc(-c3ccc(N(c4cccc(-c5cccc6cccc(-c7ccccc7)c56)c4)c4cccc5oc6ccc7ccccc7c6c45)cc3)c2)cc1. The highest BCUT2D eigenvalue weighted by Gasteiger charge is 2.22. The molecule has 0 aliphatic carbocycles. The van der Waals surface area contributed by atoms with E-state index >= 15 is 0 Å². The van der Waals surface area contributed by atoms with Crippen LogP contribution in [0.5, 0.6) is 0 Å². The van der Waals surface area contributed by atoms with E-state index in [9.17, 15) is 0 Å². The number of hydrogen-bond acceptors (Lipinski definition) is 2. The molecule has 0 N–H and O–H groups in total. The summed E-state index contributed by atoms with van der Waals surface area (Å²) in [4.78, 5) is 2.40. The number of anilines is 3. The highest BCUT2D eigenvalue weighted by molar-refractivity contribution is 6.23. The van der Waals surface area contributed by atoms with Gasteiger partial charge in [0.2, 0.25) is 0 Å². The number of fused-ring (bicyclic) bond motifs is 6. The van der Waals surface area contributed by atoms with E-state index in [1.165, 1.54) is 54.9 Å². The third-order valence-electron chi connectivity index (χ3n) is 11.4. The van der Waals surface area contributed by atoms with Crippen molar-refractivity contribution in [2.75, 3.05) is 4.90 Å². The lowest BCUT2D eigenvalue weighted by atomic mass is 9.91. The lowest BCUT2D eigenvalue weighted by Gasteiger charge is -2.27. The smallest absolute Gasteiger partial charge is 0.137 e. The highest BCUT2D eigenvalue weighted by Crippen LogP contribution is 2.46. The first-order valence-electron chi connectivity index (χ1n) is 19.8. The minimum Gasteiger partial charge on any atom is -0.456 e. The van der Waals surface area contributed by atoms with Crippen LogP contribution in [0.4, 0.5) is 17.1 Å². The van der Waals surface area contributed by atoms with E-state index in [1.807, 2.05) is 0 Å². The molecule has 0 saturated heterocycles. The van der Waals surface area contributed by atoms with E-state index in [1.54, 1.807) is 0 Å². The Labute approximate surface area is 337 Å². The van der Waals surface area contributed by atoms with Crippen molar-refractivity contribution in [1.82, 2.24) is 0 Å². The van der Waals surface area contributed by atoms with Crippen LogP contribution in [-0.4, -0.2) is 0 Å². The standard InChI is InChI=1S/C56H37NO/c1-3-14-38(15-4-1)43-21-9-22-44(36-43)39-30-33-46(34-31-39)57(51-28-13-29-52-56(51)55-49-25-8-7-18-41(49)32-35-53(55)58-52)47-24-10-23-45(37-47)50-27-12-20-42-19-11-26-48(54(42)50)40-16-5-2-6-17-40/h1-37H. The Morgan fingerprint density at radius 2 is 0.862 bits per heavy atom. The van der Waals surface area contributed by atoms with Crippen LogP contribution in [0.15, 0.2) is 229 Å². The topological polar surface area (TPSA) is 16.4 Å². The zero-order valence-corrected chi connectivity index (χ0v) is 31.7. The van der Waals surface area contributed by atoms with E-state index in [0.717, 1.165) is 50.1 Å². The third kappa shape index (κ3) is 5.82. The van der Waals surface area contributed by atoms with Gasteiger partial charge in [-0.1, -0.05) is 176 Å². The third-order valence-corrected chi connectivity index (χ3v) is 11.4. The van der Waals surface area contributed by atoms with Crippen LogP contribution < -0.4 is 4.90 Å². The molecule has 11 aromatic rings. The molecule has 0 radical (unpaired) electrons. The van der Waals surface area contributed by atoms with Crippen LogP contribution in [0.25, 0.3) is 88.0 Å². The van der Waals surface area contributed by atoms with E-state index in [4.69, 9.17) is 4.42 Å². The molecule has 58 heavy (non-hydrogen) atoms. The maximum Gasteiger partial charge on any atom is 0.137 e. The Kier molecular flexibility index (Phi) is 8.19. The van der Waals surface area contributed by atoms with Crippen molar-refractivity contribution in [2.24, 2.45) is 0 Å². The summed E-state index contributed by atoms with van der Waals surface area (Å²) in [6, 6.07) is 80.6. The first-order valence-corrected chi connectivity index (χ1v) is 19.8. The van der Waals surface area contributed by atoms with Gasteiger partial charge in [0, 0.05) is 16.8 Å². The Balaban J connectivity index is 1.11. The largest absolute Gasteiger partial charge is 0.456 e. The molecule has 0 saturated carbocycles. The molecule has 0 bridgehead atoms. The van der Waals surface area contributed by atoms with Crippen molar-refractivity contribution < 1.29 is 4.42 Å². The Morgan fingerprint density at radius 1 is 0.293 bits per heavy atom. The Bertz CT molecular complexity index is 3270. The van der Waals surface area contributed by atoms with Gasteiger partial charge < -0.3 is 9.32 Å². The van der Waals surface area contributed by atoms with Crippen LogP contribution in [0.1, 0.15) is 0 Å². The Hall–Kier alpha value is -7.68. The predicted octanol–water partition coefficient (Wildman–Crippen LogP) is 16.0. The first kappa shape index (κ1) is 33.6. The van der Waals surface area contributed by atoms with Crippen LogP contribution in [0, 0.1) is 0 Å². The number of nitrogens with zero attached hydrogens (tertiary/aromatic N) is 1. The monoisotopic (exact) mass is 739 g/mol. The van der Waals surface area contributed by atoms with Crippen molar-refractivity contribution in [3.8, 4) is 44.5 Å². The van der Waals surface area contributed by atoms with Gasteiger partial charge in [-0.3, -0.25) is 0 Å². The Morgan fingerprint density at radius 3 is 1.64 bits per heavy atom. The summed E-state index contributed by atoms with van der Waals surface area (Å²) in [6.07, 6.45) is 0. The van der Waals surface area contributed by atoms with Crippen molar-refractivity contribution in [3.63, 3.8) is 0 Å². The van der Waals surface area contributed by atoms with E-state index in [-0.39, 0.29) is 0 Å². The summed E-state index contributed by atoms with van der Waals surface area (Å²) in [6.45, 7) is 0. The zero-order chi connectivity index (χ0) is 38.4. The van der Waals surface area contributed by atoms with Gasteiger partial charge in [0.25, 0.3) is 0 Å². The quantitative estimate of drug-likeness (QED) is 0.162. The molecule has 0 amide bonds. The average Bonchev–Trinajstić information content (AvgIpc) is 3.70. The maximum absolute atomic E-state index is 6.62. The molecule has 0 aliphatic rings. The van der Waals surface area contributed by atoms with Gasteiger partial charge >= 0.3 is 0 Å². The fourth-order valence-corrected chi connectivity index (χ4v) is 8.75. The van der Waals surface area contributed by atoms with Crippen molar-refractivity contribution in [3.05, 3.63) is 224 Å². The lowest BCUT2D eigenvalue weighted by Crippen LogP contribution is -2.10. The van der Waals surface area contributed by atoms with Gasteiger partial charge in [-0.05, 0) is 115 Å². The molecule has 0 spiro atoms. The normalized spacial score (nSPS) is 11.4. The molecule has 0 fully saturated rings. The molecule has 10 aromatic carbocycles. The summed E-state index contributed by atoms with van der Waals surface area (Å²) >= 11 is 0. The zero-order valence-electron chi connectivity index (χ0n) is 31.7. The highest BCUT2D eigenvalue weighted by atomic mass is 16.3. The van der Waals surface area contributed by atoms with Gasteiger partial charge in [-0.25, -0.2) is 0 Å². The minimum atomic E-state index is 0.862. The van der Waals surface area contributed by atoms with Gasteiger partial charge in [0.05, 0.1) is 11.1 Å². The summed E-state index contributed by atoms with van der Waals surface area (Å²) in [7, 11) is 0. The van der Waals surface area contributed by atoms with Crippen molar-refractivity contribution in [1.29, 1.82) is 0 Å². The van der Waals surface area contributed by atoms with Gasteiger partial charge in [0.15, 0.2) is 0 Å². The lowest BCUT2D eigenvalue weighted by molar-refractivity contribution is 0.669. The summed E-state index contributed by atoms with van der Waals surface area (Å²) in [5.74, 6) is 0. The minimum absolute atomic E-state index is 0.862. The predicted molar refractivity (Wildman–Crippen MR) is 245 cm³/mol. The van der Waals surface area contributed by atoms with E-state index < -0.39 is 0 Å². The van der Waals surface area contributed by atoms with Gasteiger partial charge in [-0.15, -0.1) is 0 Å². The average molecular weight is 740 g/mol. The molecule has 2 heteroatoms. The van der Waals surface area contributed by atoms with Crippen molar-refractivity contribution >= 4 is 60.5 Å². The second-order valence-corrected chi connectivity index (χ2v) is 14.9. The number of rotatable bonds is 7. The molecule has 0 aliphatic heterocycles. The fourth-order valence-electron chi connectivity index (χ4n) is 8.75. The summed E-state index contributed by atoms with van der Waals surface area (Å²) in [5, 5.41) is 7.05. The van der Waals surface area contributed by atoms with Gasteiger partial charge in [0.1, 0.15) is 11.2 Å². The molecule has 11 rings (SSSR count). The van der Waals surface area contributed by atoms with E-state index in [2.05, 4.69) is 229 Å². The summed E-state index contributed by atoms with van der Waals surface area (Å²) < 4.78 is 6.62. The molecule has 1 heterocycles. The number of benzene rings is 10. The van der Waals surface area contributed by atoms with Crippen LogP contribution in [0.3, 0.4) is 0 Å². The fraction of sp³-hybridized carbons (Fsp3) is 0. The van der Waals surface area contributed by atoms with Gasteiger partial charge in [-0.2, -0.15) is 0 Å².